The fraction of sp³-hybridized carbons (Fsp3) is 0.800. The second-order valence-corrected chi connectivity index (χ2v) is 4.82. The maximum atomic E-state index is 10.9. The number of rotatable bonds is 6. The van der Waals surface area contributed by atoms with Gasteiger partial charge in [0.25, 0.3) is 0 Å². The van der Waals surface area contributed by atoms with Crippen molar-refractivity contribution in [1.29, 1.82) is 0 Å². The molecule has 0 radical (unpaired) electrons. The summed E-state index contributed by atoms with van der Waals surface area (Å²) in [7, 11) is 5.92. The number of nitrogens with zero attached hydrogens (tertiary/aromatic N) is 1. The van der Waals surface area contributed by atoms with Gasteiger partial charge >= 0.3 is 0 Å². The van der Waals surface area contributed by atoms with Gasteiger partial charge in [0.05, 0.1) is 27.7 Å². The normalized spacial score (nSPS) is 12.8. The third-order valence-corrected chi connectivity index (χ3v) is 1.84. The van der Waals surface area contributed by atoms with Gasteiger partial charge in [0.2, 0.25) is 0 Å². The fourth-order valence-corrected chi connectivity index (χ4v) is 1.62. The summed E-state index contributed by atoms with van der Waals surface area (Å²) in [5, 5.41) is 10.4. The summed E-state index contributed by atoms with van der Waals surface area (Å²) in [4.78, 5) is 21.3. The Morgan fingerprint density at radius 2 is 1.67 bits per heavy atom. The average Bonchev–Trinajstić information content (AvgIpc) is 1.77. The number of Topliss-reactive ketones (excluding diaryl/α,β-unsaturated/α-hetero) is 1. The van der Waals surface area contributed by atoms with Crippen molar-refractivity contribution in [2.75, 3.05) is 27.7 Å². The largest absolute Gasteiger partial charge is 0.550 e. The van der Waals surface area contributed by atoms with Crippen molar-refractivity contribution in [2.24, 2.45) is 5.92 Å². The van der Waals surface area contributed by atoms with E-state index in [0.29, 0.717) is 17.4 Å². The molecule has 0 N–H and O–H groups in total. The predicted molar refractivity (Wildman–Crippen MR) is 58.6 cm³/mol. The van der Waals surface area contributed by atoms with Gasteiger partial charge in [-0.15, -0.1) is 12.4 Å². The summed E-state index contributed by atoms with van der Waals surface area (Å²) in [6.45, 7) is 2.16. The second kappa shape index (κ2) is 6.80. The molecule has 0 unspecified atom stereocenters. The summed E-state index contributed by atoms with van der Waals surface area (Å²) in [5.74, 6) is -1.16. The molecule has 1 atom stereocenters. The quantitative estimate of drug-likeness (QED) is 0.604. The van der Waals surface area contributed by atoms with E-state index in [-0.39, 0.29) is 30.5 Å². The molecule has 0 aromatic rings. The van der Waals surface area contributed by atoms with Crippen LogP contribution in [0.1, 0.15) is 19.8 Å². The van der Waals surface area contributed by atoms with Crippen LogP contribution in [0.3, 0.4) is 0 Å². The third-order valence-electron chi connectivity index (χ3n) is 1.84. The van der Waals surface area contributed by atoms with Crippen LogP contribution in [0.15, 0.2) is 0 Å². The molecule has 0 aliphatic heterocycles. The van der Waals surface area contributed by atoms with E-state index in [1.54, 1.807) is 0 Å². The van der Waals surface area contributed by atoms with Crippen molar-refractivity contribution in [1.82, 2.24) is 0 Å². The van der Waals surface area contributed by atoms with Crippen molar-refractivity contribution in [3.63, 3.8) is 0 Å². The van der Waals surface area contributed by atoms with Crippen LogP contribution in [0.5, 0.6) is 0 Å². The number of hydrogen-bond acceptors (Lipinski definition) is 3. The summed E-state index contributed by atoms with van der Waals surface area (Å²) in [5.41, 5.74) is 0. The standard InChI is InChI=1S/C10H19NO3.ClH/c1-8(12)5-9(6-10(13)14)7-11(2,3)4;/h9H,5-7H2,1-4H3;1H/t9-;/m1./s1. The molecule has 5 heteroatoms. The molecule has 0 rings (SSSR count). The molecule has 0 aliphatic carbocycles. The van der Waals surface area contributed by atoms with Crippen LogP contribution in [0.4, 0.5) is 0 Å². The van der Waals surface area contributed by atoms with Gasteiger partial charge in [0.1, 0.15) is 5.78 Å². The van der Waals surface area contributed by atoms with Crippen molar-refractivity contribution < 1.29 is 19.2 Å². The number of ketones is 1. The molecule has 0 fully saturated rings. The van der Waals surface area contributed by atoms with Gasteiger partial charge in [-0.05, 0) is 13.3 Å². The van der Waals surface area contributed by atoms with Gasteiger partial charge in [0.15, 0.2) is 0 Å². The molecule has 0 spiro atoms. The lowest BCUT2D eigenvalue weighted by Gasteiger charge is -2.29. The highest BCUT2D eigenvalue weighted by Crippen LogP contribution is 2.12. The van der Waals surface area contributed by atoms with Gasteiger partial charge in [-0.1, -0.05) is 0 Å². The van der Waals surface area contributed by atoms with E-state index < -0.39 is 5.97 Å². The number of carboxylic acid groups (broad SMARTS) is 1. The van der Waals surface area contributed by atoms with E-state index in [9.17, 15) is 14.7 Å². The zero-order chi connectivity index (χ0) is 11.4. The molecule has 0 saturated heterocycles. The molecule has 90 valence electrons. The Bertz CT molecular complexity index is 207. The van der Waals surface area contributed by atoms with Crippen LogP contribution < -0.4 is 5.11 Å². The summed E-state index contributed by atoms with van der Waals surface area (Å²) in [6.07, 6.45) is 0.290. The van der Waals surface area contributed by atoms with Crippen molar-refractivity contribution in [3.8, 4) is 0 Å². The molecule has 0 aliphatic rings. The minimum absolute atomic E-state index is 0. The van der Waals surface area contributed by atoms with Crippen molar-refractivity contribution >= 4 is 24.2 Å². The summed E-state index contributed by atoms with van der Waals surface area (Å²) in [6, 6.07) is 0. The highest BCUT2D eigenvalue weighted by atomic mass is 35.5. The molecular weight excluding hydrogens is 218 g/mol. The van der Waals surface area contributed by atoms with Crippen LogP contribution in [0.2, 0.25) is 0 Å². The number of carbonyl (C=O) groups is 2. The SMILES string of the molecule is CC(=O)C[C@H](CC(=O)[O-])C[N+](C)(C)C.Cl. The smallest absolute Gasteiger partial charge is 0.130 e. The van der Waals surface area contributed by atoms with Crippen molar-refractivity contribution in [2.45, 2.75) is 19.8 Å². The van der Waals surface area contributed by atoms with Crippen LogP contribution in [0.25, 0.3) is 0 Å². The topological polar surface area (TPSA) is 57.2 Å². The Kier molecular flexibility index (Phi) is 7.62. The monoisotopic (exact) mass is 237 g/mol. The lowest BCUT2D eigenvalue weighted by Crippen LogP contribution is -2.41. The molecular formula is C10H20ClNO3. The van der Waals surface area contributed by atoms with E-state index in [1.807, 2.05) is 21.1 Å². The lowest BCUT2D eigenvalue weighted by atomic mass is 9.98. The lowest BCUT2D eigenvalue weighted by molar-refractivity contribution is -0.873. The molecule has 0 saturated carbocycles. The molecule has 0 heterocycles. The zero-order valence-electron chi connectivity index (χ0n) is 9.78. The molecule has 0 aromatic carbocycles. The zero-order valence-corrected chi connectivity index (χ0v) is 10.6. The Morgan fingerprint density at radius 1 is 1.20 bits per heavy atom. The molecule has 0 amide bonds. The van der Waals surface area contributed by atoms with Gasteiger partial charge < -0.3 is 19.2 Å². The number of carboxylic acids is 1. The van der Waals surface area contributed by atoms with Gasteiger partial charge in [-0.2, -0.15) is 0 Å². The Balaban J connectivity index is 0. The van der Waals surface area contributed by atoms with Crippen LogP contribution in [-0.4, -0.2) is 43.9 Å². The molecule has 15 heavy (non-hydrogen) atoms. The third kappa shape index (κ3) is 11.3. The summed E-state index contributed by atoms with van der Waals surface area (Å²) < 4.78 is 0.658. The minimum Gasteiger partial charge on any atom is -0.550 e. The Labute approximate surface area is 97.3 Å². The first-order chi connectivity index (χ1) is 6.20. The number of hydrogen-bond donors (Lipinski definition) is 0. The molecule has 0 bridgehead atoms. The summed E-state index contributed by atoms with van der Waals surface area (Å²) >= 11 is 0. The molecule has 4 nitrogen and oxygen atoms in total. The number of quaternary nitrogens is 1. The first kappa shape index (κ1) is 16.8. The predicted octanol–water partition coefficient (Wildman–Crippen LogP) is -0.150. The maximum Gasteiger partial charge on any atom is 0.130 e. The highest BCUT2D eigenvalue weighted by molar-refractivity contribution is 5.85. The number of carbonyl (C=O) groups excluding carboxylic acids is 2. The van der Waals surface area contributed by atoms with Gasteiger partial charge in [-0.25, -0.2) is 0 Å². The van der Waals surface area contributed by atoms with E-state index in [4.69, 9.17) is 0 Å². The van der Waals surface area contributed by atoms with E-state index >= 15 is 0 Å². The van der Waals surface area contributed by atoms with Gasteiger partial charge in [-0.3, -0.25) is 0 Å². The first-order valence-electron chi connectivity index (χ1n) is 4.70. The molecule has 0 aromatic heterocycles. The van der Waals surface area contributed by atoms with Crippen molar-refractivity contribution in [3.05, 3.63) is 0 Å². The Hall–Kier alpha value is -0.610. The Morgan fingerprint density at radius 3 is 1.93 bits per heavy atom. The minimum atomic E-state index is -1.08. The fourth-order valence-electron chi connectivity index (χ4n) is 1.62. The van der Waals surface area contributed by atoms with Crippen LogP contribution in [-0.2, 0) is 9.59 Å². The average molecular weight is 238 g/mol. The second-order valence-electron chi connectivity index (χ2n) is 4.82. The maximum absolute atomic E-state index is 10.9. The number of aliphatic carboxylic acids is 1. The van der Waals surface area contributed by atoms with Crippen LogP contribution >= 0.6 is 12.4 Å². The van der Waals surface area contributed by atoms with E-state index in [1.165, 1.54) is 6.92 Å². The van der Waals surface area contributed by atoms with Gasteiger partial charge in [0, 0.05) is 18.3 Å². The van der Waals surface area contributed by atoms with Crippen LogP contribution in [0, 0.1) is 5.92 Å². The number of halogens is 1. The van der Waals surface area contributed by atoms with E-state index in [0.717, 1.165) is 0 Å². The van der Waals surface area contributed by atoms with E-state index in [2.05, 4.69) is 0 Å². The first-order valence-corrected chi connectivity index (χ1v) is 4.70. The highest BCUT2D eigenvalue weighted by Gasteiger charge is 2.19.